The lowest BCUT2D eigenvalue weighted by Gasteiger charge is -2.41. The third-order valence-corrected chi connectivity index (χ3v) is 6.23. The van der Waals surface area contributed by atoms with Crippen molar-refractivity contribution in [3.63, 3.8) is 0 Å². The van der Waals surface area contributed by atoms with Gasteiger partial charge in [-0.1, -0.05) is 18.2 Å². The van der Waals surface area contributed by atoms with Crippen LogP contribution in [0, 0.1) is 12.7 Å². The molecule has 1 atom stereocenters. The molecule has 2 heterocycles. The van der Waals surface area contributed by atoms with Gasteiger partial charge < -0.3 is 14.8 Å². The maximum Gasteiger partial charge on any atom is 0.127 e. The smallest absolute Gasteiger partial charge is 0.127 e. The summed E-state index contributed by atoms with van der Waals surface area (Å²) in [6.45, 7) is 6.31. The number of piperazine rings is 1. The van der Waals surface area contributed by atoms with E-state index in [-0.39, 0.29) is 18.5 Å². The Kier molecular flexibility index (Phi) is 6.37. The molecule has 0 bridgehead atoms. The zero-order valence-electron chi connectivity index (χ0n) is 17.7. The minimum Gasteiger partial charge on any atom is -0.497 e. The molecule has 2 aromatic carbocycles. The number of aromatic nitrogens is 1. The van der Waals surface area contributed by atoms with Gasteiger partial charge in [-0.15, -0.1) is 0 Å². The van der Waals surface area contributed by atoms with Crippen LogP contribution in [0.3, 0.4) is 0 Å². The van der Waals surface area contributed by atoms with Crippen LogP contribution in [0.4, 0.5) is 4.39 Å². The van der Waals surface area contributed by atoms with Crippen LogP contribution in [0.15, 0.2) is 42.5 Å². The number of halogens is 1. The predicted molar refractivity (Wildman–Crippen MR) is 117 cm³/mol. The Morgan fingerprint density at radius 2 is 2.00 bits per heavy atom. The molecule has 0 aliphatic carbocycles. The molecule has 4 rings (SSSR count). The summed E-state index contributed by atoms with van der Waals surface area (Å²) in [4.78, 5) is 8.28. The number of aliphatic hydroxyl groups is 1. The van der Waals surface area contributed by atoms with Gasteiger partial charge >= 0.3 is 0 Å². The molecule has 1 aromatic heterocycles. The molecule has 0 spiro atoms. The summed E-state index contributed by atoms with van der Waals surface area (Å²) in [5.41, 5.74) is 4.29. The topological polar surface area (TPSA) is 51.7 Å². The van der Waals surface area contributed by atoms with Crippen LogP contribution in [0.2, 0.25) is 0 Å². The summed E-state index contributed by atoms with van der Waals surface area (Å²) in [7, 11) is 1.69. The number of ether oxygens (including phenoxy) is 1. The van der Waals surface area contributed by atoms with Gasteiger partial charge in [-0.05, 0) is 43.2 Å². The molecule has 5 nitrogen and oxygen atoms in total. The van der Waals surface area contributed by atoms with Crippen LogP contribution >= 0.6 is 0 Å². The maximum atomic E-state index is 14.1. The van der Waals surface area contributed by atoms with Crippen LogP contribution in [-0.2, 0) is 13.1 Å². The lowest BCUT2D eigenvalue weighted by atomic mass is 10.1. The number of hydrogen-bond donors (Lipinski definition) is 2. The second kappa shape index (κ2) is 9.16. The molecule has 1 saturated heterocycles. The van der Waals surface area contributed by atoms with E-state index in [9.17, 15) is 9.50 Å². The van der Waals surface area contributed by atoms with E-state index in [0.717, 1.165) is 37.4 Å². The summed E-state index contributed by atoms with van der Waals surface area (Å²) in [6, 6.07) is 13.3. The van der Waals surface area contributed by atoms with Crippen LogP contribution in [0.5, 0.6) is 5.75 Å². The molecule has 6 heteroatoms. The standard InChI is InChI=1S/C24H30FN3O2/c1-17-21-13-20(30-2)7-8-23(21)26-24(17)16-27-10-11-28(19(15-27)9-12-29)14-18-5-3-4-6-22(18)25/h3-8,13,19,26,29H,9-12,14-16H2,1-2H3/t19-/m1/s1. The summed E-state index contributed by atoms with van der Waals surface area (Å²) in [5.74, 6) is 0.702. The summed E-state index contributed by atoms with van der Waals surface area (Å²) in [5, 5.41) is 10.8. The van der Waals surface area contributed by atoms with Crippen molar-refractivity contribution in [1.29, 1.82) is 0 Å². The maximum absolute atomic E-state index is 14.1. The number of aryl methyl sites for hydroxylation is 1. The normalized spacial score (nSPS) is 18.2. The van der Waals surface area contributed by atoms with Crippen molar-refractivity contribution in [1.82, 2.24) is 14.8 Å². The highest BCUT2D eigenvalue weighted by atomic mass is 19.1. The molecule has 0 saturated carbocycles. The Labute approximate surface area is 177 Å². The average molecular weight is 412 g/mol. The molecule has 30 heavy (non-hydrogen) atoms. The third-order valence-electron chi connectivity index (χ3n) is 6.23. The second-order valence-corrected chi connectivity index (χ2v) is 8.10. The highest BCUT2D eigenvalue weighted by molar-refractivity contribution is 5.85. The van der Waals surface area contributed by atoms with E-state index in [1.54, 1.807) is 13.2 Å². The van der Waals surface area contributed by atoms with Crippen molar-refractivity contribution >= 4 is 10.9 Å². The van der Waals surface area contributed by atoms with Gasteiger partial charge in [0.05, 0.1) is 7.11 Å². The minimum absolute atomic E-state index is 0.136. The van der Waals surface area contributed by atoms with Gasteiger partial charge in [-0.2, -0.15) is 0 Å². The Bertz CT molecular complexity index is 1000. The first-order chi connectivity index (χ1) is 14.6. The number of fused-ring (bicyclic) bond motifs is 1. The number of nitrogens with one attached hydrogen (secondary N) is 1. The Morgan fingerprint density at radius 1 is 1.17 bits per heavy atom. The van der Waals surface area contributed by atoms with Crippen LogP contribution in [0.1, 0.15) is 23.2 Å². The fourth-order valence-electron chi connectivity index (χ4n) is 4.45. The first-order valence-electron chi connectivity index (χ1n) is 10.5. The van der Waals surface area contributed by atoms with Crippen molar-refractivity contribution in [3.05, 3.63) is 65.1 Å². The number of nitrogens with zero attached hydrogens (tertiary/aromatic N) is 2. The van der Waals surface area contributed by atoms with Crippen molar-refractivity contribution in [3.8, 4) is 5.75 Å². The van der Waals surface area contributed by atoms with Gasteiger partial charge in [0.1, 0.15) is 11.6 Å². The van der Waals surface area contributed by atoms with E-state index < -0.39 is 0 Å². The molecule has 1 aliphatic rings. The lowest BCUT2D eigenvalue weighted by Crippen LogP contribution is -2.52. The van der Waals surface area contributed by atoms with E-state index in [4.69, 9.17) is 4.74 Å². The number of hydrogen-bond acceptors (Lipinski definition) is 4. The molecule has 1 aliphatic heterocycles. The number of methoxy groups -OCH3 is 1. The van der Waals surface area contributed by atoms with E-state index >= 15 is 0 Å². The highest BCUT2D eigenvalue weighted by Gasteiger charge is 2.28. The Hall–Kier alpha value is -2.41. The fraction of sp³-hybridized carbons (Fsp3) is 0.417. The van der Waals surface area contributed by atoms with Gasteiger partial charge in [-0.3, -0.25) is 9.80 Å². The van der Waals surface area contributed by atoms with Crippen molar-refractivity contribution in [2.24, 2.45) is 0 Å². The van der Waals surface area contributed by atoms with E-state index in [2.05, 4.69) is 33.8 Å². The SMILES string of the molecule is COc1ccc2[nH]c(CN3CCN(Cc4ccccc4F)[C@H](CCO)C3)c(C)c2c1. The Balaban J connectivity index is 1.47. The van der Waals surface area contributed by atoms with Gasteiger partial charge in [0.15, 0.2) is 0 Å². The zero-order valence-corrected chi connectivity index (χ0v) is 17.7. The van der Waals surface area contributed by atoms with E-state index in [1.165, 1.54) is 22.7 Å². The molecule has 0 amide bonds. The molecule has 2 N–H and O–H groups in total. The Morgan fingerprint density at radius 3 is 2.77 bits per heavy atom. The molecule has 160 valence electrons. The number of H-pyrrole nitrogens is 1. The number of rotatable bonds is 7. The zero-order chi connectivity index (χ0) is 21.1. The number of benzene rings is 2. The summed E-state index contributed by atoms with van der Waals surface area (Å²) in [6.07, 6.45) is 0.688. The number of aromatic amines is 1. The monoisotopic (exact) mass is 411 g/mol. The second-order valence-electron chi connectivity index (χ2n) is 8.10. The van der Waals surface area contributed by atoms with Crippen LogP contribution < -0.4 is 4.74 Å². The molecule has 0 radical (unpaired) electrons. The first-order valence-corrected chi connectivity index (χ1v) is 10.5. The molecular formula is C24H30FN3O2. The minimum atomic E-state index is -0.160. The van der Waals surface area contributed by atoms with Crippen LogP contribution in [0.25, 0.3) is 10.9 Å². The molecule has 0 unspecified atom stereocenters. The lowest BCUT2D eigenvalue weighted by molar-refractivity contribution is 0.0487. The quantitative estimate of drug-likeness (QED) is 0.623. The highest BCUT2D eigenvalue weighted by Crippen LogP contribution is 2.27. The van der Waals surface area contributed by atoms with Gasteiger partial charge in [-0.25, -0.2) is 4.39 Å². The largest absolute Gasteiger partial charge is 0.497 e. The predicted octanol–water partition coefficient (Wildman–Crippen LogP) is 3.69. The first kappa shape index (κ1) is 20.8. The van der Waals surface area contributed by atoms with E-state index in [1.807, 2.05) is 18.2 Å². The average Bonchev–Trinajstić information content (AvgIpc) is 3.06. The summed E-state index contributed by atoms with van der Waals surface area (Å²) < 4.78 is 19.5. The van der Waals surface area contributed by atoms with Crippen molar-refractivity contribution < 1.29 is 14.2 Å². The van der Waals surface area contributed by atoms with Crippen molar-refractivity contribution in [2.45, 2.75) is 32.5 Å². The van der Waals surface area contributed by atoms with Gasteiger partial charge in [0.25, 0.3) is 0 Å². The van der Waals surface area contributed by atoms with Crippen molar-refractivity contribution in [2.75, 3.05) is 33.4 Å². The fourth-order valence-corrected chi connectivity index (χ4v) is 4.45. The van der Waals surface area contributed by atoms with E-state index in [0.29, 0.717) is 18.5 Å². The van der Waals surface area contributed by atoms with Gasteiger partial charge in [0.2, 0.25) is 0 Å². The summed E-state index contributed by atoms with van der Waals surface area (Å²) >= 11 is 0. The third kappa shape index (κ3) is 4.36. The molecule has 1 fully saturated rings. The molecular weight excluding hydrogens is 381 g/mol. The van der Waals surface area contributed by atoms with Crippen LogP contribution in [-0.4, -0.2) is 59.3 Å². The number of aliphatic hydroxyl groups excluding tert-OH is 1. The molecule has 3 aromatic rings. The van der Waals surface area contributed by atoms with Gasteiger partial charge in [0, 0.05) is 67.5 Å².